The van der Waals surface area contributed by atoms with Crippen molar-refractivity contribution in [3.05, 3.63) is 24.4 Å². The van der Waals surface area contributed by atoms with E-state index in [9.17, 15) is 4.79 Å². The summed E-state index contributed by atoms with van der Waals surface area (Å²) in [5.74, 6) is 0. The van der Waals surface area contributed by atoms with E-state index in [-0.39, 0.29) is 12.1 Å². The molecule has 3 heteroatoms. The zero-order chi connectivity index (χ0) is 10.4. The average Bonchev–Trinajstić information content (AvgIpc) is 2.25. The molecule has 0 fully saturated rings. The van der Waals surface area contributed by atoms with Gasteiger partial charge in [-0.25, -0.2) is 4.79 Å². The summed E-state index contributed by atoms with van der Waals surface area (Å²) >= 11 is 0. The van der Waals surface area contributed by atoms with Gasteiger partial charge in [-0.1, -0.05) is 31.9 Å². The van der Waals surface area contributed by atoms with Crippen LogP contribution in [-0.2, 0) is 4.74 Å². The van der Waals surface area contributed by atoms with E-state index in [4.69, 9.17) is 4.74 Å². The minimum atomic E-state index is -0.285. The second kappa shape index (κ2) is 5.47. The predicted octanol–water partition coefficient (Wildman–Crippen LogP) is 2.70. The Morgan fingerprint density at radius 3 is 2.93 bits per heavy atom. The van der Waals surface area contributed by atoms with Crippen LogP contribution in [-0.4, -0.2) is 24.1 Å². The fourth-order valence-corrected chi connectivity index (χ4v) is 1.49. The molecule has 0 N–H and O–H groups in total. The number of nitrogens with zero attached hydrogens (tertiary/aromatic N) is 1. The van der Waals surface area contributed by atoms with E-state index in [0.717, 1.165) is 19.3 Å². The molecule has 0 aromatic heterocycles. The van der Waals surface area contributed by atoms with Crippen molar-refractivity contribution in [2.45, 2.75) is 32.2 Å². The minimum absolute atomic E-state index is 0.160. The van der Waals surface area contributed by atoms with Gasteiger partial charge in [0.15, 0.2) is 0 Å². The smallest absolute Gasteiger partial charge is 0.414 e. The number of amides is 1. The first-order valence-electron chi connectivity index (χ1n) is 5.01. The van der Waals surface area contributed by atoms with Crippen LogP contribution in [0.4, 0.5) is 4.79 Å². The van der Waals surface area contributed by atoms with Gasteiger partial charge in [0.2, 0.25) is 0 Å². The van der Waals surface area contributed by atoms with Gasteiger partial charge in [-0.05, 0) is 12.5 Å². The van der Waals surface area contributed by atoms with Gasteiger partial charge in [-0.2, -0.15) is 0 Å². The summed E-state index contributed by atoms with van der Waals surface area (Å²) in [4.78, 5) is 13.0. The van der Waals surface area contributed by atoms with E-state index in [1.807, 2.05) is 18.2 Å². The highest BCUT2D eigenvalue weighted by Gasteiger charge is 2.20. The quantitative estimate of drug-likeness (QED) is 0.693. The Balaban J connectivity index is 2.57. The average molecular weight is 195 g/mol. The van der Waals surface area contributed by atoms with Gasteiger partial charge in [0, 0.05) is 6.20 Å². The molecule has 1 atom stereocenters. The zero-order valence-corrected chi connectivity index (χ0v) is 8.77. The number of rotatable bonds is 3. The third-order valence-electron chi connectivity index (χ3n) is 2.29. The van der Waals surface area contributed by atoms with Crippen molar-refractivity contribution in [2.75, 3.05) is 7.11 Å². The summed E-state index contributed by atoms with van der Waals surface area (Å²) < 4.78 is 4.70. The first kappa shape index (κ1) is 10.8. The molecule has 0 bridgehead atoms. The molecule has 0 aromatic rings. The monoisotopic (exact) mass is 195 g/mol. The number of allylic oxidation sites excluding steroid dienone is 2. The third kappa shape index (κ3) is 2.62. The standard InChI is InChI=1S/C11H17NO2/c1-3-4-7-10-8-5-6-9-12(10)11(13)14-2/h5-6,8-10H,3-4,7H2,1-2H3. The van der Waals surface area contributed by atoms with Gasteiger partial charge in [0.1, 0.15) is 0 Å². The molecule has 14 heavy (non-hydrogen) atoms. The molecule has 0 saturated heterocycles. The molecule has 1 heterocycles. The van der Waals surface area contributed by atoms with E-state index in [2.05, 4.69) is 6.92 Å². The Morgan fingerprint density at radius 2 is 2.29 bits per heavy atom. The summed E-state index contributed by atoms with van der Waals surface area (Å²) in [5.41, 5.74) is 0. The Morgan fingerprint density at radius 1 is 1.50 bits per heavy atom. The topological polar surface area (TPSA) is 29.5 Å². The lowest BCUT2D eigenvalue weighted by Crippen LogP contribution is -2.35. The lowest BCUT2D eigenvalue weighted by atomic mass is 10.1. The van der Waals surface area contributed by atoms with E-state index in [0.29, 0.717) is 0 Å². The number of hydrogen-bond acceptors (Lipinski definition) is 2. The number of carbonyl (C=O) groups is 1. The summed E-state index contributed by atoms with van der Waals surface area (Å²) in [6.45, 7) is 2.14. The summed E-state index contributed by atoms with van der Waals surface area (Å²) in [6, 6.07) is 0.160. The van der Waals surface area contributed by atoms with Crippen molar-refractivity contribution in [1.82, 2.24) is 4.90 Å². The van der Waals surface area contributed by atoms with Crippen LogP contribution in [0.1, 0.15) is 26.2 Å². The van der Waals surface area contributed by atoms with Gasteiger partial charge in [0.25, 0.3) is 0 Å². The summed E-state index contributed by atoms with van der Waals surface area (Å²) in [5, 5.41) is 0. The van der Waals surface area contributed by atoms with Crippen molar-refractivity contribution in [1.29, 1.82) is 0 Å². The van der Waals surface area contributed by atoms with Gasteiger partial charge in [0.05, 0.1) is 13.2 Å². The van der Waals surface area contributed by atoms with Crippen LogP contribution in [0.5, 0.6) is 0 Å². The fourth-order valence-electron chi connectivity index (χ4n) is 1.49. The molecule has 0 radical (unpaired) electrons. The highest BCUT2D eigenvalue weighted by Crippen LogP contribution is 2.15. The predicted molar refractivity (Wildman–Crippen MR) is 55.8 cm³/mol. The van der Waals surface area contributed by atoms with E-state index < -0.39 is 0 Å². The van der Waals surface area contributed by atoms with Crippen molar-refractivity contribution in [3.8, 4) is 0 Å². The largest absolute Gasteiger partial charge is 0.452 e. The molecule has 3 nitrogen and oxygen atoms in total. The molecule has 1 aliphatic rings. The second-order valence-electron chi connectivity index (χ2n) is 3.31. The highest BCUT2D eigenvalue weighted by atomic mass is 16.5. The van der Waals surface area contributed by atoms with Crippen LogP contribution in [0, 0.1) is 0 Å². The van der Waals surface area contributed by atoms with E-state index >= 15 is 0 Å². The maximum Gasteiger partial charge on any atom is 0.414 e. The Labute approximate surface area is 85.0 Å². The highest BCUT2D eigenvalue weighted by molar-refractivity contribution is 5.70. The van der Waals surface area contributed by atoms with Crippen molar-refractivity contribution >= 4 is 6.09 Å². The van der Waals surface area contributed by atoms with Crippen LogP contribution in [0.3, 0.4) is 0 Å². The molecule has 0 aromatic carbocycles. The fraction of sp³-hybridized carbons (Fsp3) is 0.545. The molecule has 1 amide bonds. The van der Waals surface area contributed by atoms with Crippen LogP contribution < -0.4 is 0 Å². The normalized spacial score (nSPS) is 19.9. The van der Waals surface area contributed by atoms with E-state index in [1.165, 1.54) is 7.11 Å². The summed E-state index contributed by atoms with van der Waals surface area (Å²) in [6.07, 6.45) is 10.6. The van der Waals surface area contributed by atoms with Crippen LogP contribution >= 0.6 is 0 Å². The lowest BCUT2D eigenvalue weighted by molar-refractivity contribution is 0.130. The molecule has 0 spiro atoms. The molecular formula is C11H17NO2. The molecule has 1 unspecified atom stereocenters. The van der Waals surface area contributed by atoms with Crippen LogP contribution in [0.2, 0.25) is 0 Å². The Bertz CT molecular complexity index is 246. The maximum absolute atomic E-state index is 11.4. The summed E-state index contributed by atoms with van der Waals surface area (Å²) in [7, 11) is 1.41. The minimum Gasteiger partial charge on any atom is -0.452 e. The van der Waals surface area contributed by atoms with E-state index in [1.54, 1.807) is 11.1 Å². The number of ether oxygens (including phenoxy) is 1. The zero-order valence-electron chi connectivity index (χ0n) is 8.77. The van der Waals surface area contributed by atoms with Gasteiger partial charge in [-0.15, -0.1) is 0 Å². The molecular weight excluding hydrogens is 178 g/mol. The van der Waals surface area contributed by atoms with Crippen LogP contribution in [0.25, 0.3) is 0 Å². The van der Waals surface area contributed by atoms with Crippen LogP contribution in [0.15, 0.2) is 24.4 Å². The molecule has 0 aliphatic carbocycles. The van der Waals surface area contributed by atoms with Gasteiger partial charge >= 0.3 is 6.09 Å². The van der Waals surface area contributed by atoms with Gasteiger partial charge < -0.3 is 4.74 Å². The molecule has 78 valence electrons. The lowest BCUT2D eigenvalue weighted by Gasteiger charge is -2.26. The molecule has 0 saturated carbocycles. The number of hydrogen-bond donors (Lipinski definition) is 0. The van der Waals surface area contributed by atoms with Crippen molar-refractivity contribution < 1.29 is 9.53 Å². The first-order chi connectivity index (χ1) is 6.79. The third-order valence-corrected chi connectivity index (χ3v) is 2.29. The first-order valence-corrected chi connectivity index (χ1v) is 5.01. The maximum atomic E-state index is 11.4. The number of unbranched alkanes of at least 4 members (excludes halogenated alkanes) is 1. The molecule has 1 aliphatic heterocycles. The van der Waals surface area contributed by atoms with Crippen molar-refractivity contribution in [3.63, 3.8) is 0 Å². The Hall–Kier alpha value is -1.25. The second-order valence-corrected chi connectivity index (χ2v) is 3.31. The SMILES string of the molecule is CCCCC1C=CC=CN1C(=O)OC. The number of carbonyl (C=O) groups excluding carboxylic acids is 1. The molecule has 1 rings (SSSR count). The van der Waals surface area contributed by atoms with Gasteiger partial charge in [-0.3, -0.25) is 4.90 Å². The number of methoxy groups -OCH3 is 1. The Kier molecular flexibility index (Phi) is 4.23. The van der Waals surface area contributed by atoms with Crippen molar-refractivity contribution in [2.24, 2.45) is 0 Å².